The summed E-state index contributed by atoms with van der Waals surface area (Å²) in [5.74, 6) is 0.127. The number of carbonyl (C=O) groups excluding carboxylic acids is 1. The van der Waals surface area contributed by atoms with Gasteiger partial charge in [-0.15, -0.1) is 0 Å². The summed E-state index contributed by atoms with van der Waals surface area (Å²) in [6.07, 6.45) is 3.26. The predicted octanol–water partition coefficient (Wildman–Crippen LogP) is 1.46. The van der Waals surface area contributed by atoms with E-state index in [9.17, 15) is 9.90 Å². The van der Waals surface area contributed by atoms with Gasteiger partial charge in [-0.1, -0.05) is 30.3 Å². The van der Waals surface area contributed by atoms with Crippen molar-refractivity contribution in [1.29, 1.82) is 0 Å². The van der Waals surface area contributed by atoms with Crippen molar-refractivity contribution < 1.29 is 9.90 Å². The quantitative estimate of drug-likeness (QED) is 0.709. The maximum Gasteiger partial charge on any atom is 0.245 e. The zero-order valence-electron chi connectivity index (χ0n) is 14.7. The first-order valence-electron chi connectivity index (χ1n) is 9.02. The van der Waals surface area contributed by atoms with Crippen molar-refractivity contribution in [3.63, 3.8) is 0 Å². The van der Waals surface area contributed by atoms with Gasteiger partial charge in [0.05, 0.1) is 0 Å². The maximum atomic E-state index is 12.8. The molecule has 2 heterocycles. The molecule has 25 heavy (non-hydrogen) atoms. The van der Waals surface area contributed by atoms with Crippen LogP contribution in [-0.2, 0) is 11.2 Å². The second-order valence-electron chi connectivity index (χ2n) is 7.45. The summed E-state index contributed by atoms with van der Waals surface area (Å²) < 4.78 is 0. The molecule has 2 aliphatic rings. The summed E-state index contributed by atoms with van der Waals surface area (Å²) in [5.41, 5.74) is 1.12. The Labute approximate surface area is 154 Å². The van der Waals surface area contributed by atoms with Crippen LogP contribution in [0.15, 0.2) is 30.3 Å². The Morgan fingerprint density at radius 1 is 1.28 bits per heavy atom. The fourth-order valence-electron chi connectivity index (χ4n) is 3.90. The van der Waals surface area contributed by atoms with E-state index in [0.717, 1.165) is 25.7 Å². The summed E-state index contributed by atoms with van der Waals surface area (Å²) in [5, 5.41) is 16.8. The summed E-state index contributed by atoms with van der Waals surface area (Å²) in [6, 6.07) is 10.3. The summed E-state index contributed by atoms with van der Waals surface area (Å²) in [4.78, 5) is 14.7. The predicted molar refractivity (Wildman–Crippen MR) is 102 cm³/mol. The number of hydrogen-bond donors (Lipinski definition) is 3. The third kappa shape index (κ3) is 4.30. The SMILES string of the molecule is C[C@@H]1C[C@@H](C(=O)N2CCC(CO)(Cc3ccccc3)CC2)NC(=S)N1. The van der Waals surface area contributed by atoms with E-state index in [-0.39, 0.29) is 30.0 Å². The van der Waals surface area contributed by atoms with Gasteiger partial charge in [0.15, 0.2) is 5.11 Å². The summed E-state index contributed by atoms with van der Waals surface area (Å²) in [7, 11) is 0. The minimum Gasteiger partial charge on any atom is -0.396 e. The minimum absolute atomic E-state index is 0.123. The highest BCUT2D eigenvalue weighted by Gasteiger charge is 2.38. The van der Waals surface area contributed by atoms with E-state index >= 15 is 0 Å². The highest BCUT2D eigenvalue weighted by atomic mass is 32.1. The van der Waals surface area contributed by atoms with Crippen LogP contribution in [0.4, 0.5) is 0 Å². The van der Waals surface area contributed by atoms with Gasteiger partial charge in [0, 0.05) is 31.2 Å². The number of benzene rings is 1. The average molecular weight is 362 g/mol. The van der Waals surface area contributed by atoms with Crippen molar-refractivity contribution in [3.8, 4) is 0 Å². The number of likely N-dealkylation sites (tertiary alicyclic amines) is 1. The van der Waals surface area contributed by atoms with Gasteiger partial charge in [0.25, 0.3) is 0 Å². The maximum absolute atomic E-state index is 12.8. The zero-order valence-corrected chi connectivity index (χ0v) is 15.5. The van der Waals surface area contributed by atoms with E-state index in [1.807, 2.05) is 30.0 Å². The molecule has 0 saturated carbocycles. The second-order valence-corrected chi connectivity index (χ2v) is 7.86. The van der Waals surface area contributed by atoms with Gasteiger partial charge in [-0.3, -0.25) is 4.79 Å². The van der Waals surface area contributed by atoms with Crippen molar-refractivity contribution in [2.75, 3.05) is 19.7 Å². The molecule has 2 saturated heterocycles. The lowest BCUT2D eigenvalue weighted by atomic mass is 9.74. The number of rotatable bonds is 4. The molecule has 2 fully saturated rings. The van der Waals surface area contributed by atoms with E-state index in [1.165, 1.54) is 5.56 Å². The highest BCUT2D eigenvalue weighted by Crippen LogP contribution is 2.35. The lowest BCUT2D eigenvalue weighted by molar-refractivity contribution is -0.136. The molecule has 136 valence electrons. The van der Waals surface area contributed by atoms with Crippen LogP contribution in [0, 0.1) is 5.41 Å². The van der Waals surface area contributed by atoms with Crippen LogP contribution in [0.25, 0.3) is 0 Å². The van der Waals surface area contributed by atoms with Crippen molar-refractivity contribution in [1.82, 2.24) is 15.5 Å². The number of carbonyl (C=O) groups is 1. The Kier molecular flexibility index (Phi) is 5.59. The van der Waals surface area contributed by atoms with E-state index < -0.39 is 0 Å². The topological polar surface area (TPSA) is 64.6 Å². The molecule has 0 aromatic heterocycles. The number of aliphatic hydroxyl groups excluding tert-OH is 1. The van der Waals surface area contributed by atoms with Crippen LogP contribution in [0.5, 0.6) is 0 Å². The average Bonchev–Trinajstić information content (AvgIpc) is 2.62. The molecule has 5 nitrogen and oxygen atoms in total. The molecule has 3 N–H and O–H groups in total. The Bertz CT molecular complexity index is 614. The molecule has 1 amide bonds. The standard InChI is InChI=1S/C19H27N3O2S/c1-14-11-16(21-18(25)20-14)17(24)22-9-7-19(13-23,8-10-22)12-15-5-3-2-4-6-15/h2-6,14,16,23H,7-13H2,1H3,(H2,20,21,25)/t14-,16+/m1/s1. The van der Waals surface area contributed by atoms with Crippen LogP contribution in [0.3, 0.4) is 0 Å². The number of nitrogens with zero attached hydrogens (tertiary/aromatic N) is 1. The first kappa shape index (κ1) is 18.1. The third-order valence-corrected chi connectivity index (χ3v) is 5.70. The Hall–Kier alpha value is -1.66. The molecule has 0 aliphatic carbocycles. The van der Waals surface area contributed by atoms with Crippen LogP contribution >= 0.6 is 12.2 Å². The second kappa shape index (κ2) is 7.70. The molecule has 3 rings (SSSR count). The number of hydrogen-bond acceptors (Lipinski definition) is 3. The fourth-order valence-corrected chi connectivity index (χ4v) is 4.24. The molecule has 2 aliphatic heterocycles. The normalized spacial score (nSPS) is 25.8. The van der Waals surface area contributed by atoms with Crippen LogP contribution < -0.4 is 10.6 Å². The van der Waals surface area contributed by atoms with Gasteiger partial charge < -0.3 is 20.6 Å². The van der Waals surface area contributed by atoms with E-state index in [0.29, 0.717) is 18.2 Å². The van der Waals surface area contributed by atoms with Crippen molar-refractivity contribution in [2.45, 2.75) is 44.7 Å². The third-order valence-electron chi connectivity index (χ3n) is 5.46. The number of nitrogens with one attached hydrogen (secondary N) is 2. The number of piperidine rings is 1. The lowest BCUT2D eigenvalue weighted by Crippen LogP contribution is -2.60. The van der Waals surface area contributed by atoms with E-state index in [4.69, 9.17) is 12.2 Å². The number of amides is 1. The summed E-state index contributed by atoms with van der Waals surface area (Å²) in [6.45, 7) is 3.59. The zero-order chi connectivity index (χ0) is 17.9. The molecule has 6 heteroatoms. The van der Waals surface area contributed by atoms with Gasteiger partial charge in [-0.05, 0) is 50.4 Å². The Balaban J connectivity index is 1.60. The van der Waals surface area contributed by atoms with Crippen LogP contribution in [0.1, 0.15) is 31.7 Å². The molecule has 1 aromatic carbocycles. The van der Waals surface area contributed by atoms with Gasteiger partial charge in [0.2, 0.25) is 5.91 Å². The van der Waals surface area contributed by atoms with Gasteiger partial charge in [0.1, 0.15) is 6.04 Å². The van der Waals surface area contributed by atoms with Crippen molar-refractivity contribution in [3.05, 3.63) is 35.9 Å². The molecule has 0 radical (unpaired) electrons. The molecule has 0 spiro atoms. The lowest BCUT2D eigenvalue weighted by Gasteiger charge is -2.42. The number of thiocarbonyl (C=S) groups is 1. The molecular weight excluding hydrogens is 334 g/mol. The molecular formula is C19H27N3O2S. The van der Waals surface area contributed by atoms with Gasteiger partial charge in [-0.25, -0.2) is 0 Å². The monoisotopic (exact) mass is 361 g/mol. The van der Waals surface area contributed by atoms with E-state index in [1.54, 1.807) is 0 Å². The van der Waals surface area contributed by atoms with Crippen LogP contribution in [-0.4, -0.2) is 52.8 Å². The first-order valence-corrected chi connectivity index (χ1v) is 9.43. The molecule has 1 aromatic rings. The van der Waals surface area contributed by atoms with Crippen molar-refractivity contribution >= 4 is 23.2 Å². The molecule has 2 atom stereocenters. The Morgan fingerprint density at radius 2 is 1.96 bits per heavy atom. The Morgan fingerprint density at radius 3 is 2.56 bits per heavy atom. The minimum atomic E-state index is -0.237. The largest absolute Gasteiger partial charge is 0.396 e. The molecule has 0 unspecified atom stereocenters. The van der Waals surface area contributed by atoms with E-state index in [2.05, 4.69) is 22.8 Å². The smallest absolute Gasteiger partial charge is 0.245 e. The van der Waals surface area contributed by atoms with Crippen LogP contribution in [0.2, 0.25) is 0 Å². The fraction of sp³-hybridized carbons (Fsp3) is 0.579. The van der Waals surface area contributed by atoms with Gasteiger partial charge in [-0.2, -0.15) is 0 Å². The number of aliphatic hydroxyl groups is 1. The van der Waals surface area contributed by atoms with Crippen molar-refractivity contribution in [2.24, 2.45) is 5.41 Å². The first-order chi connectivity index (χ1) is 12.0. The summed E-state index contributed by atoms with van der Waals surface area (Å²) >= 11 is 5.18. The highest BCUT2D eigenvalue weighted by molar-refractivity contribution is 7.80. The molecule has 0 bridgehead atoms. The van der Waals surface area contributed by atoms with Gasteiger partial charge >= 0.3 is 0 Å².